The molecule has 4 heteroatoms. The van der Waals surface area contributed by atoms with Gasteiger partial charge in [0.1, 0.15) is 6.17 Å². The minimum atomic E-state index is -0.180. The molecule has 1 aliphatic heterocycles. The van der Waals surface area contributed by atoms with E-state index in [1.807, 2.05) is 71.8 Å². The van der Waals surface area contributed by atoms with Crippen LogP contribution in [-0.4, -0.2) is 5.91 Å². The number of anilines is 2. The lowest BCUT2D eigenvalue weighted by molar-refractivity contribution is 0.0975. The Morgan fingerprint density at radius 1 is 1.00 bits per heavy atom. The third-order valence-electron chi connectivity index (χ3n) is 4.05. The summed E-state index contributed by atoms with van der Waals surface area (Å²) in [5.74, 6) is 0.0293. The number of nitrogens with one attached hydrogen (secondary N) is 1. The minimum Gasteiger partial charge on any atom is -0.360 e. The van der Waals surface area contributed by atoms with E-state index < -0.39 is 0 Å². The smallest absolute Gasteiger partial charge is 0.262 e. The highest BCUT2D eigenvalue weighted by Gasteiger charge is 2.34. The molecule has 0 unspecified atom stereocenters. The van der Waals surface area contributed by atoms with E-state index in [1.54, 1.807) is 11.3 Å². The van der Waals surface area contributed by atoms with Crippen LogP contribution in [-0.2, 0) is 0 Å². The monoisotopic (exact) mass is 320 g/mol. The minimum absolute atomic E-state index is 0.0293. The number of hydrogen-bond donors (Lipinski definition) is 1. The molecule has 1 aromatic heterocycles. The van der Waals surface area contributed by atoms with Crippen LogP contribution >= 0.6 is 11.3 Å². The Bertz CT molecular complexity index is 840. The number of thiophene rings is 1. The van der Waals surface area contributed by atoms with Crippen molar-refractivity contribution in [2.75, 3.05) is 10.2 Å². The fraction of sp³-hybridized carbons (Fsp3) is 0.105. The average Bonchev–Trinajstić information content (AvgIpc) is 3.10. The van der Waals surface area contributed by atoms with Gasteiger partial charge in [-0.3, -0.25) is 9.69 Å². The number of rotatable bonds is 2. The van der Waals surface area contributed by atoms with Gasteiger partial charge in [0.15, 0.2) is 0 Å². The molecule has 0 bridgehead atoms. The van der Waals surface area contributed by atoms with Crippen LogP contribution in [0.3, 0.4) is 0 Å². The van der Waals surface area contributed by atoms with E-state index in [4.69, 9.17) is 0 Å². The van der Waals surface area contributed by atoms with Crippen molar-refractivity contribution in [3.05, 3.63) is 82.0 Å². The zero-order valence-corrected chi connectivity index (χ0v) is 13.5. The van der Waals surface area contributed by atoms with Crippen molar-refractivity contribution in [3.63, 3.8) is 0 Å². The summed E-state index contributed by atoms with van der Waals surface area (Å²) in [6.07, 6.45) is -0.180. The number of nitrogens with zero attached hydrogens (tertiary/aromatic N) is 1. The second-order valence-electron chi connectivity index (χ2n) is 5.62. The topological polar surface area (TPSA) is 32.3 Å². The Kier molecular flexibility index (Phi) is 3.39. The molecule has 114 valence electrons. The molecule has 0 radical (unpaired) electrons. The first-order chi connectivity index (χ1) is 11.2. The van der Waals surface area contributed by atoms with Crippen molar-refractivity contribution in [1.82, 2.24) is 0 Å². The first-order valence-corrected chi connectivity index (χ1v) is 8.41. The van der Waals surface area contributed by atoms with Gasteiger partial charge in [0.2, 0.25) is 0 Å². The van der Waals surface area contributed by atoms with Crippen LogP contribution in [0.1, 0.15) is 27.0 Å². The molecule has 0 saturated heterocycles. The predicted molar refractivity (Wildman–Crippen MR) is 95.1 cm³/mol. The van der Waals surface area contributed by atoms with Gasteiger partial charge in [-0.1, -0.05) is 35.9 Å². The summed E-state index contributed by atoms with van der Waals surface area (Å²) in [6.45, 7) is 2.05. The predicted octanol–water partition coefficient (Wildman–Crippen LogP) is 4.83. The van der Waals surface area contributed by atoms with Crippen LogP contribution in [0.2, 0.25) is 0 Å². The van der Waals surface area contributed by atoms with Gasteiger partial charge < -0.3 is 5.32 Å². The number of aryl methyl sites for hydroxylation is 1. The summed E-state index contributed by atoms with van der Waals surface area (Å²) in [7, 11) is 0. The van der Waals surface area contributed by atoms with Crippen molar-refractivity contribution in [1.29, 1.82) is 0 Å². The van der Waals surface area contributed by atoms with Crippen molar-refractivity contribution in [2.24, 2.45) is 0 Å². The summed E-state index contributed by atoms with van der Waals surface area (Å²) in [6, 6.07) is 19.8. The zero-order valence-electron chi connectivity index (χ0n) is 12.7. The molecule has 1 aliphatic rings. The van der Waals surface area contributed by atoms with Gasteiger partial charge in [0, 0.05) is 16.3 Å². The molecule has 2 aromatic carbocycles. The molecule has 0 fully saturated rings. The number of para-hydroxylation sites is 1. The van der Waals surface area contributed by atoms with Crippen molar-refractivity contribution in [2.45, 2.75) is 13.1 Å². The van der Waals surface area contributed by atoms with E-state index in [9.17, 15) is 4.79 Å². The highest BCUT2D eigenvalue weighted by Crippen LogP contribution is 2.37. The molecule has 1 N–H and O–H groups in total. The van der Waals surface area contributed by atoms with E-state index in [1.165, 1.54) is 5.56 Å². The van der Waals surface area contributed by atoms with E-state index >= 15 is 0 Å². The lowest BCUT2D eigenvalue weighted by atomic mass is 10.1. The zero-order chi connectivity index (χ0) is 15.8. The van der Waals surface area contributed by atoms with E-state index in [2.05, 4.69) is 11.4 Å². The molecule has 23 heavy (non-hydrogen) atoms. The van der Waals surface area contributed by atoms with Crippen LogP contribution in [0.15, 0.2) is 66.0 Å². The lowest BCUT2D eigenvalue weighted by Gasteiger charge is -2.37. The molecular weight excluding hydrogens is 304 g/mol. The maximum Gasteiger partial charge on any atom is 0.262 e. The highest BCUT2D eigenvalue weighted by molar-refractivity contribution is 7.10. The Hall–Kier alpha value is -2.59. The van der Waals surface area contributed by atoms with Gasteiger partial charge in [-0.15, -0.1) is 11.3 Å². The third-order valence-corrected chi connectivity index (χ3v) is 4.98. The SMILES string of the molecule is Cc1ccc(N2C(=O)c3ccccc3N[C@H]2c2cccs2)cc1. The van der Waals surface area contributed by atoms with E-state index in [0.717, 1.165) is 16.3 Å². The van der Waals surface area contributed by atoms with Crippen LogP contribution in [0, 0.1) is 6.92 Å². The first-order valence-electron chi connectivity index (χ1n) is 7.53. The van der Waals surface area contributed by atoms with Crippen LogP contribution < -0.4 is 10.2 Å². The Morgan fingerprint density at radius 2 is 1.78 bits per heavy atom. The summed E-state index contributed by atoms with van der Waals surface area (Å²) in [5, 5.41) is 5.55. The Morgan fingerprint density at radius 3 is 2.52 bits per heavy atom. The molecule has 0 spiro atoms. The molecule has 0 saturated carbocycles. The molecule has 1 atom stereocenters. The van der Waals surface area contributed by atoms with Gasteiger partial charge in [-0.05, 0) is 42.6 Å². The van der Waals surface area contributed by atoms with Crippen molar-refractivity contribution in [3.8, 4) is 0 Å². The van der Waals surface area contributed by atoms with E-state index in [-0.39, 0.29) is 12.1 Å². The van der Waals surface area contributed by atoms with E-state index in [0.29, 0.717) is 5.56 Å². The average molecular weight is 320 g/mol. The maximum absolute atomic E-state index is 13.1. The third kappa shape index (κ3) is 2.41. The fourth-order valence-electron chi connectivity index (χ4n) is 2.87. The number of amides is 1. The molecular formula is C19H16N2OS. The molecule has 2 heterocycles. The quantitative estimate of drug-likeness (QED) is 0.733. The van der Waals surface area contributed by atoms with Crippen LogP contribution in [0.25, 0.3) is 0 Å². The number of carbonyl (C=O) groups excluding carboxylic acids is 1. The molecule has 1 amide bonds. The summed E-state index contributed by atoms with van der Waals surface area (Å²) < 4.78 is 0. The second-order valence-corrected chi connectivity index (χ2v) is 6.60. The first kappa shape index (κ1) is 14.0. The van der Waals surface area contributed by atoms with Crippen molar-refractivity contribution >= 4 is 28.6 Å². The molecule has 0 aliphatic carbocycles. The van der Waals surface area contributed by atoms with Gasteiger partial charge >= 0.3 is 0 Å². The van der Waals surface area contributed by atoms with Gasteiger partial charge in [0.25, 0.3) is 5.91 Å². The van der Waals surface area contributed by atoms with Gasteiger partial charge in [-0.2, -0.15) is 0 Å². The van der Waals surface area contributed by atoms with Crippen molar-refractivity contribution < 1.29 is 4.79 Å². The molecule has 3 nitrogen and oxygen atoms in total. The largest absolute Gasteiger partial charge is 0.360 e. The summed E-state index contributed by atoms with van der Waals surface area (Å²) >= 11 is 1.65. The molecule has 4 rings (SSSR count). The van der Waals surface area contributed by atoms with Gasteiger partial charge in [-0.25, -0.2) is 0 Å². The van der Waals surface area contributed by atoms with Crippen LogP contribution in [0.5, 0.6) is 0 Å². The number of benzene rings is 2. The van der Waals surface area contributed by atoms with Gasteiger partial charge in [0.05, 0.1) is 5.56 Å². The number of carbonyl (C=O) groups is 1. The molecule has 3 aromatic rings. The summed E-state index contributed by atoms with van der Waals surface area (Å²) in [4.78, 5) is 16.1. The number of hydrogen-bond acceptors (Lipinski definition) is 3. The number of fused-ring (bicyclic) bond motifs is 1. The fourth-order valence-corrected chi connectivity index (χ4v) is 3.64. The highest BCUT2D eigenvalue weighted by atomic mass is 32.1. The van der Waals surface area contributed by atoms with Crippen LogP contribution in [0.4, 0.5) is 11.4 Å². The Labute approximate surface area is 139 Å². The normalized spacial score (nSPS) is 16.8. The second kappa shape index (κ2) is 5.56. The standard InChI is InChI=1S/C19H16N2OS/c1-13-8-10-14(11-9-13)21-18(17-7-4-12-23-17)20-16-6-3-2-5-15(16)19(21)22/h2-12,18,20H,1H3/t18-/m1/s1. The Balaban J connectivity index is 1.85. The maximum atomic E-state index is 13.1. The lowest BCUT2D eigenvalue weighted by Crippen LogP contribution is -2.42. The summed E-state index contributed by atoms with van der Waals surface area (Å²) in [5.41, 5.74) is 3.68.